The second-order valence-corrected chi connectivity index (χ2v) is 7.22. The predicted octanol–water partition coefficient (Wildman–Crippen LogP) is 1.06. The van der Waals surface area contributed by atoms with E-state index in [-0.39, 0.29) is 11.5 Å². The normalized spacial score (nSPS) is 16.5. The molecule has 0 radical (unpaired) electrons. The van der Waals surface area contributed by atoms with Gasteiger partial charge in [-0.3, -0.25) is 4.90 Å². The van der Waals surface area contributed by atoms with Gasteiger partial charge in [0.05, 0.1) is 5.75 Å². The van der Waals surface area contributed by atoms with Crippen molar-refractivity contribution in [3.05, 3.63) is 29.3 Å². The van der Waals surface area contributed by atoms with Gasteiger partial charge in [0.1, 0.15) is 0 Å². The molecule has 2 N–H and O–H groups in total. The van der Waals surface area contributed by atoms with E-state index >= 15 is 0 Å². The number of nitrogen functional groups attached to an aromatic ring is 1. The van der Waals surface area contributed by atoms with Gasteiger partial charge in [-0.15, -0.1) is 0 Å². The van der Waals surface area contributed by atoms with Gasteiger partial charge in [-0.2, -0.15) is 0 Å². The largest absolute Gasteiger partial charge is 0.398 e. The Bertz CT molecular complexity index is 526. The van der Waals surface area contributed by atoms with E-state index in [1.54, 1.807) is 6.92 Å². The zero-order valence-electron chi connectivity index (χ0n) is 10.7. The fourth-order valence-electron chi connectivity index (χ4n) is 2.27. The van der Waals surface area contributed by atoms with Gasteiger partial charge in [-0.25, -0.2) is 8.42 Å². The summed E-state index contributed by atoms with van der Waals surface area (Å²) in [6, 6.07) is 5.99. The Morgan fingerprint density at radius 3 is 2.89 bits per heavy atom. The summed E-state index contributed by atoms with van der Waals surface area (Å²) in [4.78, 5) is 2.17. The number of nitrogens with zero attached hydrogens (tertiary/aromatic N) is 1. The highest BCUT2D eigenvalue weighted by molar-refractivity contribution is 7.91. The Balaban J connectivity index is 2.02. The van der Waals surface area contributed by atoms with Crippen LogP contribution >= 0.6 is 0 Å². The molecule has 1 aromatic rings. The molecule has 1 aromatic carbocycles. The Labute approximate surface area is 109 Å². The monoisotopic (exact) mass is 268 g/mol. The third kappa shape index (κ3) is 3.03. The number of rotatable bonds is 4. The standard InChI is InChI=1S/C13H20N2O2S/c1-2-18(16,17)9-8-15-7-6-11-4-3-5-13(14)12(11)10-15/h3-5H,2,6-10,14H2,1H3. The van der Waals surface area contributed by atoms with Crippen LogP contribution < -0.4 is 5.73 Å². The van der Waals surface area contributed by atoms with E-state index in [9.17, 15) is 8.42 Å². The molecule has 0 aromatic heterocycles. The molecular weight excluding hydrogens is 248 g/mol. The van der Waals surface area contributed by atoms with Gasteiger partial charge >= 0.3 is 0 Å². The Morgan fingerprint density at radius 1 is 1.39 bits per heavy atom. The molecule has 0 unspecified atom stereocenters. The first kappa shape index (κ1) is 13.4. The number of fused-ring (bicyclic) bond motifs is 1. The maximum Gasteiger partial charge on any atom is 0.151 e. The third-order valence-corrected chi connectivity index (χ3v) is 5.23. The van der Waals surface area contributed by atoms with Gasteiger partial charge in [0.2, 0.25) is 0 Å². The highest BCUT2D eigenvalue weighted by Gasteiger charge is 2.19. The minimum Gasteiger partial charge on any atom is -0.398 e. The van der Waals surface area contributed by atoms with E-state index in [1.807, 2.05) is 12.1 Å². The van der Waals surface area contributed by atoms with Gasteiger partial charge in [0.25, 0.3) is 0 Å². The maximum absolute atomic E-state index is 11.5. The Hall–Kier alpha value is -1.07. The molecule has 2 rings (SSSR count). The fourth-order valence-corrected chi connectivity index (χ4v) is 3.09. The Morgan fingerprint density at radius 2 is 2.17 bits per heavy atom. The smallest absolute Gasteiger partial charge is 0.151 e. The van der Waals surface area contributed by atoms with Gasteiger partial charge in [-0.1, -0.05) is 19.1 Å². The maximum atomic E-state index is 11.5. The highest BCUT2D eigenvalue weighted by atomic mass is 32.2. The van der Waals surface area contributed by atoms with Crippen molar-refractivity contribution < 1.29 is 8.42 Å². The summed E-state index contributed by atoms with van der Waals surface area (Å²) in [6.45, 7) is 3.97. The SMILES string of the molecule is CCS(=O)(=O)CCN1CCc2cccc(N)c2C1. The summed E-state index contributed by atoms with van der Waals surface area (Å²) >= 11 is 0. The summed E-state index contributed by atoms with van der Waals surface area (Å²) in [5.74, 6) is 0.463. The average Bonchev–Trinajstić information content (AvgIpc) is 2.37. The minimum atomic E-state index is -2.88. The van der Waals surface area contributed by atoms with Crippen LogP contribution in [0.1, 0.15) is 18.1 Å². The molecule has 1 heterocycles. The summed E-state index contributed by atoms with van der Waals surface area (Å²) in [5.41, 5.74) is 9.24. The molecule has 0 amide bonds. The quantitative estimate of drug-likeness (QED) is 0.829. The molecule has 0 spiro atoms. The van der Waals surface area contributed by atoms with Gasteiger partial charge in [0.15, 0.2) is 9.84 Å². The van der Waals surface area contributed by atoms with Crippen molar-refractivity contribution in [3.63, 3.8) is 0 Å². The van der Waals surface area contributed by atoms with Crippen LogP contribution in [0.5, 0.6) is 0 Å². The van der Waals surface area contributed by atoms with Crippen LogP contribution in [-0.4, -0.2) is 37.9 Å². The first-order valence-corrected chi connectivity index (χ1v) is 8.13. The van der Waals surface area contributed by atoms with Crippen molar-refractivity contribution >= 4 is 15.5 Å². The van der Waals surface area contributed by atoms with E-state index in [4.69, 9.17) is 5.73 Å². The van der Waals surface area contributed by atoms with Crippen LogP contribution in [-0.2, 0) is 22.8 Å². The second kappa shape index (κ2) is 5.28. The molecule has 0 aliphatic carbocycles. The molecule has 0 fully saturated rings. The number of sulfone groups is 1. The number of benzene rings is 1. The van der Waals surface area contributed by atoms with Gasteiger partial charge < -0.3 is 5.73 Å². The first-order chi connectivity index (χ1) is 8.52. The molecule has 1 aliphatic heterocycles. The number of nitrogens with two attached hydrogens (primary N) is 1. The fraction of sp³-hybridized carbons (Fsp3) is 0.538. The van der Waals surface area contributed by atoms with Crippen LogP contribution in [0.15, 0.2) is 18.2 Å². The van der Waals surface area contributed by atoms with Crippen molar-refractivity contribution in [1.82, 2.24) is 4.90 Å². The highest BCUT2D eigenvalue weighted by Crippen LogP contribution is 2.23. The molecule has 0 bridgehead atoms. The summed E-state index contributed by atoms with van der Waals surface area (Å²) < 4.78 is 23.0. The zero-order valence-corrected chi connectivity index (χ0v) is 11.5. The first-order valence-electron chi connectivity index (χ1n) is 6.31. The van der Waals surface area contributed by atoms with Gasteiger partial charge in [-0.05, 0) is 23.6 Å². The number of hydrogen-bond donors (Lipinski definition) is 1. The number of anilines is 1. The van der Waals surface area contributed by atoms with Crippen molar-refractivity contribution in [3.8, 4) is 0 Å². The van der Waals surface area contributed by atoms with Crippen molar-refractivity contribution in [1.29, 1.82) is 0 Å². The lowest BCUT2D eigenvalue weighted by Gasteiger charge is -2.29. The lowest BCUT2D eigenvalue weighted by molar-refractivity contribution is 0.269. The van der Waals surface area contributed by atoms with Crippen LogP contribution in [0.2, 0.25) is 0 Å². The van der Waals surface area contributed by atoms with E-state index in [1.165, 1.54) is 5.56 Å². The average molecular weight is 268 g/mol. The van der Waals surface area contributed by atoms with Crippen molar-refractivity contribution in [2.45, 2.75) is 19.9 Å². The minimum absolute atomic E-state index is 0.222. The summed E-state index contributed by atoms with van der Waals surface area (Å²) in [6.07, 6.45) is 0.951. The molecule has 0 atom stereocenters. The number of hydrogen-bond acceptors (Lipinski definition) is 4. The zero-order chi connectivity index (χ0) is 13.2. The van der Waals surface area contributed by atoms with Gasteiger partial charge in [0, 0.05) is 31.1 Å². The molecule has 18 heavy (non-hydrogen) atoms. The topological polar surface area (TPSA) is 63.4 Å². The molecule has 1 aliphatic rings. The molecule has 0 saturated heterocycles. The molecule has 5 heteroatoms. The second-order valence-electron chi connectivity index (χ2n) is 4.75. The van der Waals surface area contributed by atoms with E-state index in [0.717, 1.165) is 30.8 Å². The van der Waals surface area contributed by atoms with Crippen LogP contribution in [0.25, 0.3) is 0 Å². The predicted molar refractivity (Wildman–Crippen MR) is 74.2 cm³/mol. The Kier molecular flexibility index (Phi) is 3.92. The van der Waals surface area contributed by atoms with Crippen LogP contribution in [0.4, 0.5) is 5.69 Å². The van der Waals surface area contributed by atoms with Crippen LogP contribution in [0.3, 0.4) is 0 Å². The molecule has 4 nitrogen and oxygen atoms in total. The lowest BCUT2D eigenvalue weighted by Crippen LogP contribution is -2.35. The summed E-state index contributed by atoms with van der Waals surface area (Å²) in [5, 5.41) is 0. The van der Waals surface area contributed by atoms with Crippen molar-refractivity contribution in [2.75, 3.05) is 30.3 Å². The van der Waals surface area contributed by atoms with Crippen LogP contribution in [0, 0.1) is 0 Å². The van der Waals surface area contributed by atoms with E-state index < -0.39 is 9.84 Å². The lowest BCUT2D eigenvalue weighted by atomic mass is 9.98. The third-order valence-electron chi connectivity index (χ3n) is 3.55. The molecule has 100 valence electrons. The van der Waals surface area contributed by atoms with E-state index in [0.29, 0.717) is 6.54 Å². The molecule has 0 saturated carbocycles. The summed E-state index contributed by atoms with van der Waals surface area (Å²) in [7, 11) is -2.88. The molecular formula is C13H20N2O2S. The van der Waals surface area contributed by atoms with E-state index in [2.05, 4.69) is 11.0 Å². The van der Waals surface area contributed by atoms with Crippen molar-refractivity contribution in [2.24, 2.45) is 0 Å².